The zero-order valence-electron chi connectivity index (χ0n) is 6.12. The summed E-state index contributed by atoms with van der Waals surface area (Å²) in [5.41, 5.74) is 0. The van der Waals surface area contributed by atoms with Crippen LogP contribution < -0.4 is 0 Å². The summed E-state index contributed by atoms with van der Waals surface area (Å²) in [6.45, 7) is 2.88. The topological polar surface area (TPSA) is 43.4 Å². The quantitative estimate of drug-likeness (QED) is 0.592. The Morgan fingerprint density at radius 2 is 2.40 bits per heavy atom. The lowest BCUT2D eigenvalue weighted by atomic mass is 10.1. The molecule has 3 nitrogen and oxygen atoms in total. The molecule has 1 aliphatic heterocycles. The molecular weight excluding hydrogens is 130 g/mol. The minimum Gasteiger partial charge on any atom is -0.395 e. The number of β-amino-alcohol motifs (C(OH)–C–C–N with tert-alkyl or cyclic N) is 1. The molecule has 1 heterocycles. The molecule has 0 spiro atoms. The molecule has 1 aliphatic rings. The van der Waals surface area contributed by atoms with Crippen molar-refractivity contribution in [3.63, 3.8) is 0 Å². The van der Waals surface area contributed by atoms with Gasteiger partial charge in [-0.25, -0.2) is 5.11 Å². The minimum atomic E-state index is 0.0436. The average Bonchev–Trinajstić information content (AvgIpc) is 2.37. The van der Waals surface area contributed by atoms with E-state index in [-0.39, 0.29) is 13.2 Å². The van der Waals surface area contributed by atoms with Crippen molar-refractivity contribution in [3.8, 4) is 0 Å². The molecule has 0 saturated carbocycles. The van der Waals surface area contributed by atoms with E-state index in [1.807, 2.05) is 0 Å². The molecule has 1 saturated heterocycles. The van der Waals surface area contributed by atoms with Crippen molar-refractivity contribution >= 4 is 0 Å². The van der Waals surface area contributed by atoms with E-state index < -0.39 is 0 Å². The van der Waals surface area contributed by atoms with E-state index in [0.29, 0.717) is 5.92 Å². The number of nitrogens with zero attached hydrogens (tertiary/aromatic N) is 1. The molecule has 1 atom stereocenters. The second kappa shape index (κ2) is 3.91. The summed E-state index contributed by atoms with van der Waals surface area (Å²) in [7, 11) is 0. The fourth-order valence-corrected chi connectivity index (χ4v) is 1.39. The molecule has 0 bridgehead atoms. The maximum atomic E-state index is 10.4. The van der Waals surface area contributed by atoms with Crippen LogP contribution in [0.25, 0.3) is 0 Å². The fraction of sp³-hybridized carbons (Fsp3) is 1.00. The van der Waals surface area contributed by atoms with E-state index in [1.54, 1.807) is 0 Å². The van der Waals surface area contributed by atoms with Crippen molar-refractivity contribution in [1.82, 2.24) is 4.90 Å². The van der Waals surface area contributed by atoms with Crippen LogP contribution >= 0.6 is 0 Å². The van der Waals surface area contributed by atoms with Gasteiger partial charge in [0.25, 0.3) is 0 Å². The predicted octanol–water partition coefficient (Wildman–Crippen LogP) is -0.269. The number of aliphatic hydroxyl groups excluding tert-OH is 1. The maximum Gasteiger partial charge on any atom is 0.0863 e. The maximum absolute atomic E-state index is 10.4. The molecule has 1 rings (SSSR count). The Morgan fingerprint density at radius 3 is 2.90 bits per heavy atom. The number of hydrogen-bond donors (Lipinski definition) is 1. The van der Waals surface area contributed by atoms with Gasteiger partial charge in [0.15, 0.2) is 0 Å². The highest BCUT2D eigenvalue weighted by Crippen LogP contribution is 2.14. The van der Waals surface area contributed by atoms with Crippen LogP contribution in [-0.4, -0.2) is 42.9 Å². The molecule has 10 heavy (non-hydrogen) atoms. The summed E-state index contributed by atoms with van der Waals surface area (Å²) in [4.78, 5) is 2.14. The van der Waals surface area contributed by atoms with Crippen molar-refractivity contribution in [2.45, 2.75) is 6.42 Å². The summed E-state index contributed by atoms with van der Waals surface area (Å²) in [6, 6.07) is 0. The van der Waals surface area contributed by atoms with E-state index in [4.69, 9.17) is 5.11 Å². The van der Waals surface area contributed by atoms with Crippen molar-refractivity contribution in [3.05, 3.63) is 0 Å². The first-order valence-electron chi connectivity index (χ1n) is 3.78. The zero-order valence-corrected chi connectivity index (χ0v) is 6.12. The van der Waals surface area contributed by atoms with E-state index in [2.05, 4.69) is 4.90 Å². The molecule has 59 valence electrons. The van der Waals surface area contributed by atoms with Crippen LogP contribution in [0.3, 0.4) is 0 Å². The summed E-state index contributed by atoms with van der Waals surface area (Å²) in [5.74, 6) is 0.339. The molecule has 0 aromatic rings. The van der Waals surface area contributed by atoms with Gasteiger partial charge in [-0.15, -0.1) is 0 Å². The molecule has 0 aromatic carbocycles. The van der Waals surface area contributed by atoms with Gasteiger partial charge in [0.1, 0.15) is 0 Å². The van der Waals surface area contributed by atoms with Crippen LogP contribution in [-0.2, 0) is 5.11 Å². The van der Waals surface area contributed by atoms with Gasteiger partial charge in [-0.05, 0) is 18.9 Å². The summed E-state index contributed by atoms with van der Waals surface area (Å²) >= 11 is 0. The normalized spacial score (nSPS) is 27.6. The first-order valence-corrected chi connectivity index (χ1v) is 3.78. The van der Waals surface area contributed by atoms with Gasteiger partial charge in [-0.1, -0.05) is 0 Å². The SMILES string of the molecule is [O]CC1CCN(CCO)C1. The number of hydrogen-bond acceptors (Lipinski definition) is 2. The van der Waals surface area contributed by atoms with E-state index in [9.17, 15) is 5.11 Å². The van der Waals surface area contributed by atoms with Gasteiger partial charge in [-0.3, -0.25) is 0 Å². The first kappa shape index (κ1) is 7.98. The number of likely N-dealkylation sites (tertiary alicyclic amines) is 1. The molecule has 1 N–H and O–H groups in total. The average molecular weight is 144 g/mol. The molecule has 1 unspecified atom stereocenters. The molecule has 0 aliphatic carbocycles. The zero-order chi connectivity index (χ0) is 7.40. The minimum absolute atomic E-state index is 0.0436. The Labute approximate surface area is 61.3 Å². The van der Waals surface area contributed by atoms with Crippen LogP contribution in [0.1, 0.15) is 6.42 Å². The van der Waals surface area contributed by atoms with E-state index in [1.165, 1.54) is 0 Å². The molecule has 0 aromatic heterocycles. The Balaban J connectivity index is 2.15. The summed E-state index contributed by atoms with van der Waals surface area (Å²) in [5, 5.41) is 19.0. The lowest BCUT2D eigenvalue weighted by molar-refractivity contribution is 0.141. The molecule has 1 fully saturated rings. The monoisotopic (exact) mass is 144 g/mol. The second-order valence-electron chi connectivity index (χ2n) is 2.85. The van der Waals surface area contributed by atoms with Crippen molar-refractivity contribution < 1.29 is 10.2 Å². The Hall–Kier alpha value is -0.120. The first-order chi connectivity index (χ1) is 4.86. The van der Waals surface area contributed by atoms with Gasteiger partial charge in [0.05, 0.1) is 13.2 Å². The predicted molar refractivity (Wildman–Crippen MR) is 37.2 cm³/mol. The highest BCUT2D eigenvalue weighted by Gasteiger charge is 2.20. The summed E-state index contributed by atoms with van der Waals surface area (Å²) in [6.07, 6.45) is 1.02. The highest BCUT2D eigenvalue weighted by atomic mass is 16.3. The lowest BCUT2D eigenvalue weighted by Crippen LogP contribution is -2.24. The number of aliphatic hydroxyl groups is 1. The molecule has 3 heteroatoms. The van der Waals surface area contributed by atoms with Gasteiger partial charge in [-0.2, -0.15) is 0 Å². The Morgan fingerprint density at radius 1 is 1.60 bits per heavy atom. The van der Waals surface area contributed by atoms with Crippen LogP contribution in [0.5, 0.6) is 0 Å². The third-order valence-electron chi connectivity index (χ3n) is 2.02. The van der Waals surface area contributed by atoms with Crippen molar-refractivity contribution in [1.29, 1.82) is 0 Å². The third-order valence-corrected chi connectivity index (χ3v) is 2.02. The largest absolute Gasteiger partial charge is 0.395 e. The van der Waals surface area contributed by atoms with E-state index >= 15 is 0 Å². The molecule has 0 amide bonds. The lowest BCUT2D eigenvalue weighted by Gasteiger charge is -2.12. The molecular formula is C7H14NO2. The van der Waals surface area contributed by atoms with Gasteiger partial charge < -0.3 is 10.0 Å². The van der Waals surface area contributed by atoms with Crippen LogP contribution in [0.4, 0.5) is 0 Å². The van der Waals surface area contributed by atoms with E-state index in [0.717, 1.165) is 26.1 Å². The Kier molecular flexibility index (Phi) is 3.12. The van der Waals surface area contributed by atoms with Gasteiger partial charge >= 0.3 is 0 Å². The van der Waals surface area contributed by atoms with Crippen LogP contribution in [0.15, 0.2) is 0 Å². The molecule has 1 radical (unpaired) electrons. The standard InChI is InChI=1S/C7H14NO2/c9-4-3-8-2-1-7(5-8)6-10/h7,9H,1-6H2. The smallest absolute Gasteiger partial charge is 0.0863 e. The van der Waals surface area contributed by atoms with Crippen LogP contribution in [0, 0.1) is 5.92 Å². The fourth-order valence-electron chi connectivity index (χ4n) is 1.39. The van der Waals surface area contributed by atoms with Crippen molar-refractivity contribution in [2.24, 2.45) is 5.92 Å². The third kappa shape index (κ3) is 1.94. The van der Waals surface area contributed by atoms with Crippen molar-refractivity contribution in [2.75, 3.05) is 32.8 Å². The van der Waals surface area contributed by atoms with Gasteiger partial charge in [0, 0.05) is 13.1 Å². The van der Waals surface area contributed by atoms with Gasteiger partial charge in [0.2, 0.25) is 0 Å². The summed E-state index contributed by atoms with van der Waals surface area (Å²) < 4.78 is 0. The number of rotatable bonds is 3. The Bertz CT molecular complexity index is 97.6. The second-order valence-corrected chi connectivity index (χ2v) is 2.85. The highest BCUT2D eigenvalue weighted by molar-refractivity contribution is 4.73. The van der Waals surface area contributed by atoms with Crippen LogP contribution in [0.2, 0.25) is 0 Å².